The van der Waals surface area contributed by atoms with Crippen LogP contribution < -0.4 is 5.32 Å². The zero-order valence-electron chi connectivity index (χ0n) is 16.4. The third-order valence-corrected chi connectivity index (χ3v) is 6.34. The molecule has 2 atom stereocenters. The molecule has 2 unspecified atom stereocenters. The molecular weight excluding hydrogens is 423 g/mol. The van der Waals surface area contributed by atoms with E-state index in [1.165, 1.54) is 23.3 Å². The van der Waals surface area contributed by atoms with E-state index in [9.17, 15) is 18.3 Å². The summed E-state index contributed by atoms with van der Waals surface area (Å²) in [7, 11) is 0. The summed E-state index contributed by atoms with van der Waals surface area (Å²) in [6.45, 7) is 4.33. The van der Waals surface area contributed by atoms with E-state index in [0.717, 1.165) is 11.1 Å². The van der Waals surface area contributed by atoms with E-state index in [-0.39, 0.29) is 23.8 Å². The first kappa shape index (κ1) is 22.3. The number of hydrogen-bond donors (Lipinski definition) is 2. The number of thiazole rings is 1. The van der Waals surface area contributed by atoms with Gasteiger partial charge in [0, 0.05) is 36.8 Å². The summed E-state index contributed by atoms with van der Waals surface area (Å²) in [5.74, 6) is 0.105. The van der Waals surface area contributed by atoms with Crippen LogP contribution in [0.15, 0.2) is 12.4 Å². The number of nitrogens with one attached hydrogen (secondary N) is 1. The maximum atomic E-state index is 14.4. The molecule has 2 N–H and O–H groups in total. The first-order valence-corrected chi connectivity index (χ1v) is 11.2. The van der Waals surface area contributed by atoms with E-state index >= 15 is 0 Å². The second-order valence-corrected chi connectivity index (χ2v) is 9.54. The highest BCUT2D eigenvalue weighted by Crippen LogP contribution is 2.33. The smallest absolute Gasteiger partial charge is 0.267 e. The number of aromatic nitrogens is 3. The maximum absolute atomic E-state index is 14.4. The number of piperidine rings is 1. The average molecular weight is 448 g/mol. The topological polar surface area (TPSA) is 74.2 Å². The Balaban J connectivity index is 1.83. The first-order valence-electron chi connectivity index (χ1n) is 9.18. The number of aliphatic hydroxyl groups is 1. The molecule has 0 radical (unpaired) electrons. The van der Waals surface area contributed by atoms with E-state index in [1.54, 1.807) is 20.0 Å². The molecule has 1 aliphatic rings. The summed E-state index contributed by atoms with van der Waals surface area (Å²) in [5.41, 5.74) is -1.23. The van der Waals surface area contributed by atoms with Crippen molar-refractivity contribution >= 4 is 29.2 Å². The second-order valence-electron chi connectivity index (χ2n) is 7.55. The van der Waals surface area contributed by atoms with Gasteiger partial charge in [-0.1, -0.05) is 11.9 Å². The van der Waals surface area contributed by atoms with Gasteiger partial charge in [0.05, 0.1) is 17.2 Å². The summed E-state index contributed by atoms with van der Waals surface area (Å²) in [4.78, 5) is 13.2. The molecule has 3 rings (SSSR count). The zero-order chi connectivity index (χ0) is 21.2. The van der Waals surface area contributed by atoms with Gasteiger partial charge in [0.25, 0.3) is 6.43 Å². The van der Waals surface area contributed by atoms with Gasteiger partial charge >= 0.3 is 0 Å². The van der Waals surface area contributed by atoms with E-state index in [2.05, 4.69) is 20.3 Å². The Morgan fingerprint density at radius 3 is 2.76 bits per heavy atom. The number of rotatable bonds is 7. The van der Waals surface area contributed by atoms with Gasteiger partial charge in [0.15, 0.2) is 0 Å². The molecule has 29 heavy (non-hydrogen) atoms. The molecule has 1 fully saturated rings. The van der Waals surface area contributed by atoms with Crippen molar-refractivity contribution in [2.45, 2.75) is 50.9 Å². The molecule has 2 aromatic rings. The third kappa shape index (κ3) is 5.80. The predicted octanol–water partition coefficient (Wildman–Crippen LogP) is 3.95. The molecule has 1 saturated heterocycles. The zero-order valence-corrected chi connectivity index (χ0v) is 18.0. The third-order valence-electron chi connectivity index (χ3n) is 4.49. The van der Waals surface area contributed by atoms with Gasteiger partial charge in [-0.2, -0.15) is 0 Å². The summed E-state index contributed by atoms with van der Waals surface area (Å²) in [5, 5.41) is 13.2. The molecule has 0 saturated carbocycles. The summed E-state index contributed by atoms with van der Waals surface area (Å²) >= 11 is 2.69. The number of anilines is 1. The van der Waals surface area contributed by atoms with Gasteiger partial charge in [0.1, 0.15) is 16.9 Å². The van der Waals surface area contributed by atoms with Crippen LogP contribution in [-0.4, -0.2) is 61.5 Å². The minimum absolute atomic E-state index is 0.0291. The fourth-order valence-electron chi connectivity index (χ4n) is 3.09. The lowest BCUT2D eigenvalue weighted by Gasteiger charge is -2.33. The Hall–Kier alpha value is -1.43. The van der Waals surface area contributed by atoms with Crippen molar-refractivity contribution in [2.75, 3.05) is 24.7 Å². The van der Waals surface area contributed by atoms with Crippen molar-refractivity contribution in [3.05, 3.63) is 22.8 Å². The van der Waals surface area contributed by atoms with Crippen LogP contribution in [0.2, 0.25) is 0 Å². The van der Waals surface area contributed by atoms with Crippen molar-refractivity contribution < 1.29 is 18.3 Å². The van der Waals surface area contributed by atoms with Gasteiger partial charge in [-0.15, -0.1) is 11.3 Å². The predicted molar refractivity (Wildman–Crippen MR) is 110 cm³/mol. The lowest BCUT2D eigenvalue weighted by molar-refractivity contribution is 0.0818. The average Bonchev–Trinajstić information content (AvgIpc) is 3.09. The lowest BCUT2D eigenvalue weighted by atomic mass is 10.1. The molecule has 1 aliphatic heterocycles. The monoisotopic (exact) mass is 447 g/mol. The fourth-order valence-corrected chi connectivity index (χ4v) is 4.81. The quantitative estimate of drug-likeness (QED) is 0.623. The van der Waals surface area contributed by atoms with Crippen LogP contribution >= 0.6 is 23.3 Å². The number of alkyl halides is 3. The Bertz CT molecular complexity index is 830. The van der Waals surface area contributed by atoms with Crippen LogP contribution in [-0.2, 0) is 6.42 Å². The molecule has 0 amide bonds. The molecule has 2 aromatic heterocycles. The lowest BCUT2D eigenvalue weighted by Crippen LogP contribution is -2.45. The second kappa shape index (κ2) is 9.15. The van der Waals surface area contributed by atoms with Crippen molar-refractivity contribution in [3.63, 3.8) is 0 Å². The molecule has 0 aliphatic carbocycles. The van der Waals surface area contributed by atoms with E-state index in [1.807, 2.05) is 10.6 Å². The van der Waals surface area contributed by atoms with Gasteiger partial charge in [-0.3, -0.25) is 0 Å². The van der Waals surface area contributed by atoms with Crippen LogP contribution in [0.4, 0.5) is 19.1 Å². The fraction of sp³-hybridized carbons (Fsp3) is 0.611. The molecule has 3 heterocycles. The van der Waals surface area contributed by atoms with Gasteiger partial charge in [-0.25, -0.2) is 32.4 Å². The van der Waals surface area contributed by atoms with Crippen molar-refractivity contribution in [3.8, 4) is 10.7 Å². The van der Waals surface area contributed by atoms with Crippen molar-refractivity contribution in [2.24, 2.45) is 0 Å². The van der Waals surface area contributed by atoms with E-state index < -0.39 is 24.2 Å². The van der Waals surface area contributed by atoms with Crippen LogP contribution in [0.25, 0.3) is 10.7 Å². The van der Waals surface area contributed by atoms with E-state index in [4.69, 9.17) is 0 Å². The van der Waals surface area contributed by atoms with Gasteiger partial charge < -0.3 is 10.4 Å². The summed E-state index contributed by atoms with van der Waals surface area (Å²) in [6.07, 6.45) is 1.55. The molecule has 0 spiro atoms. The molecule has 0 bridgehead atoms. The Labute approximate surface area is 176 Å². The Morgan fingerprint density at radius 1 is 1.38 bits per heavy atom. The summed E-state index contributed by atoms with van der Waals surface area (Å²) < 4.78 is 43.4. The van der Waals surface area contributed by atoms with Crippen LogP contribution in [0.1, 0.15) is 37.1 Å². The van der Waals surface area contributed by atoms with Crippen molar-refractivity contribution in [1.82, 2.24) is 19.3 Å². The molecule has 0 aromatic carbocycles. The SMILES string of the molecule is CSN1CCC(Nc2ncc(C(F)F)c(-c3ncc(CC(C)(C)O)s3)n2)C(F)C1. The van der Waals surface area contributed by atoms with Crippen LogP contribution in [0.5, 0.6) is 0 Å². The van der Waals surface area contributed by atoms with E-state index in [0.29, 0.717) is 24.4 Å². The highest BCUT2D eigenvalue weighted by atomic mass is 32.2. The standard InChI is InChI=1S/C18H24F3N5OS2/c1-18(2,27)6-10-7-22-16(29-10)14-11(15(20)21)8-23-17(25-14)24-13-4-5-26(28-3)9-12(13)19/h7-8,12-13,15,27H,4-6,9H2,1-3H3,(H,23,24,25). The molecular formula is C18H24F3N5OS2. The number of halogens is 3. The van der Waals surface area contributed by atoms with Gasteiger partial charge in [-0.05, 0) is 26.5 Å². The van der Waals surface area contributed by atoms with Gasteiger partial charge in [0.2, 0.25) is 5.95 Å². The maximum Gasteiger partial charge on any atom is 0.267 e. The summed E-state index contributed by atoms with van der Waals surface area (Å²) in [6, 6.07) is -0.481. The highest BCUT2D eigenvalue weighted by molar-refractivity contribution is 7.96. The van der Waals surface area contributed by atoms with Crippen molar-refractivity contribution in [1.29, 1.82) is 0 Å². The first-order chi connectivity index (χ1) is 13.7. The van der Waals surface area contributed by atoms with Crippen LogP contribution in [0, 0.1) is 0 Å². The molecule has 160 valence electrons. The largest absolute Gasteiger partial charge is 0.390 e. The minimum Gasteiger partial charge on any atom is -0.390 e. The number of hydrogen-bond acceptors (Lipinski definition) is 8. The Morgan fingerprint density at radius 2 is 2.14 bits per heavy atom. The highest BCUT2D eigenvalue weighted by Gasteiger charge is 2.30. The van der Waals surface area contributed by atoms with Crippen LogP contribution in [0.3, 0.4) is 0 Å². The molecule has 6 nitrogen and oxygen atoms in total. The normalized spacial score (nSPS) is 21.0. The molecule has 11 heteroatoms. The number of nitrogens with zero attached hydrogens (tertiary/aromatic N) is 4. The minimum atomic E-state index is -2.76. The Kier molecular flexibility index (Phi) is 7.02.